The van der Waals surface area contributed by atoms with Gasteiger partial charge in [0.25, 0.3) is 6.29 Å². The first-order valence-electron chi connectivity index (χ1n) is 3.30. The zero-order valence-electron chi connectivity index (χ0n) is 6.01. The van der Waals surface area contributed by atoms with Crippen molar-refractivity contribution in [3.63, 3.8) is 0 Å². The van der Waals surface area contributed by atoms with Crippen LogP contribution in [0.25, 0.3) is 0 Å². The minimum absolute atomic E-state index is 0.643. The minimum Gasteiger partial charge on any atom is -0.388 e. The standard InChI is InChI=1S/C6H11O5/c1-2-3(7)4(8)5(9)6(10)11-2/h2-5,7-10H,1H3/t2-,3-,4+,5+/m1/s1. The first kappa shape index (κ1) is 8.89. The molecule has 1 saturated heterocycles. The van der Waals surface area contributed by atoms with E-state index in [0.29, 0.717) is 0 Å². The van der Waals surface area contributed by atoms with Crippen LogP contribution in [0.1, 0.15) is 6.92 Å². The molecule has 1 aliphatic rings. The molecule has 0 bridgehead atoms. The molecule has 0 unspecified atom stereocenters. The molecule has 0 saturated carbocycles. The van der Waals surface area contributed by atoms with Gasteiger partial charge in [-0.05, 0) is 6.92 Å². The molecule has 5 heteroatoms. The van der Waals surface area contributed by atoms with Gasteiger partial charge in [-0.25, -0.2) is 0 Å². The second-order valence-corrected chi connectivity index (χ2v) is 2.59. The number of aliphatic hydroxyl groups excluding tert-OH is 4. The van der Waals surface area contributed by atoms with E-state index in [1.165, 1.54) is 6.92 Å². The molecule has 0 aliphatic carbocycles. The van der Waals surface area contributed by atoms with Crippen molar-refractivity contribution in [3.8, 4) is 0 Å². The number of aliphatic hydroxyl groups is 4. The lowest BCUT2D eigenvalue weighted by molar-refractivity contribution is -0.219. The van der Waals surface area contributed by atoms with Gasteiger partial charge in [0.15, 0.2) is 0 Å². The van der Waals surface area contributed by atoms with E-state index in [9.17, 15) is 0 Å². The molecule has 1 fully saturated rings. The van der Waals surface area contributed by atoms with Gasteiger partial charge in [0.05, 0.1) is 6.10 Å². The zero-order chi connectivity index (χ0) is 8.59. The molecule has 1 rings (SSSR count). The molecule has 4 atom stereocenters. The van der Waals surface area contributed by atoms with Gasteiger partial charge in [0.2, 0.25) is 0 Å². The van der Waals surface area contributed by atoms with Crippen molar-refractivity contribution in [3.05, 3.63) is 6.29 Å². The van der Waals surface area contributed by atoms with Crippen LogP contribution in [0.4, 0.5) is 0 Å². The smallest absolute Gasteiger partial charge is 0.253 e. The van der Waals surface area contributed by atoms with Gasteiger partial charge >= 0.3 is 0 Å². The summed E-state index contributed by atoms with van der Waals surface area (Å²) in [6.07, 6.45) is -5.40. The van der Waals surface area contributed by atoms with Crippen LogP contribution in [0.2, 0.25) is 0 Å². The third kappa shape index (κ3) is 1.52. The van der Waals surface area contributed by atoms with Crippen LogP contribution < -0.4 is 0 Å². The SMILES string of the molecule is C[C@H]1O[C](O)[C@@H](O)[C@@H](O)[C@@H]1O. The third-order valence-corrected chi connectivity index (χ3v) is 1.71. The van der Waals surface area contributed by atoms with E-state index in [-0.39, 0.29) is 0 Å². The first-order chi connectivity index (χ1) is 5.04. The highest BCUT2D eigenvalue weighted by Crippen LogP contribution is 2.23. The Morgan fingerprint density at radius 2 is 1.73 bits per heavy atom. The van der Waals surface area contributed by atoms with Gasteiger partial charge in [0.1, 0.15) is 18.3 Å². The lowest BCUT2D eigenvalue weighted by Crippen LogP contribution is -2.53. The lowest BCUT2D eigenvalue weighted by atomic mass is 10.0. The van der Waals surface area contributed by atoms with Crippen LogP contribution in [-0.2, 0) is 4.74 Å². The van der Waals surface area contributed by atoms with Crippen LogP contribution in [0.3, 0.4) is 0 Å². The summed E-state index contributed by atoms with van der Waals surface area (Å²) in [5.74, 6) is 0. The van der Waals surface area contributed by atoms with Crippen molar-refractivity contribution in [1.82, 2.24) is 0 Å². The molecule has 5 nitrogen and oxygen atoms in total. The van der Waals surface area contributed by atoms with Gasteiger partial charge in [0, 0.05) is 0 Å². The number of hydrogen-bond acceptors (Lipinski definition) is 5. The van der Waals surface area contributed by atoms with E-state index >= 15 is 0 Å². The Bertz CT molecular complexity index is 125. The second kappa shape index (κ2) is 3.04. The van der Waals surface area contributed by atoms with Crippen molar-refractivity contribution >= 4 is 0 Å². The molecule has 4 N–H and O–H groups in total. The molecule has 11 heavy (non-hydrogen) atoms. The Balaban J connectivity index is 2.63. The van der Waals surface area contributed by atoms with E-state index < -0.39 is 30.7 Å². The molecule has 0 aromatic carbocycles. The van der Waals surface area contributed by atoms with Crippen molar-refractivity contribution in [2.45, 2.75) is 31.3 Å². The van der Waals surface area contributed by atoms with Crippen LogP contribution >= 0.6 is 0 Å². The molecular formula is C6H11O5. The van der Waals surface area contributed by atoms with Crippen molar-refractivity contribution < 1.29 is 25.2 Å². The number of ether oxygens (including phenoxy) is 1. The van der Waals surface area contributed by atoms with Gasteiger partial charge in [-0.2, -0.15) is 0 Å². The zero-order valence-corrected chi connectivity index (χ0v) is 6.01. The van der Waals surface area contributed by atoms with Crippen LogP contribution in [0.15, 0.2) is 0 Å². The largest absolute Gasteiger partial charge is 0.388 e. The van der Waals surface area contributed by atoms with Gasteiger partial charge in [-0.1, -0.05) is 0 Å². The molecule has 1 aliphatic heterocycles. The molecule has 0 amide bonds. The molecule has 0 aromatic heterocycles. The summed E-state index contributed by atoms with van der Waals surface area (Å²) in [5, 5.41) is 35.8. The Morgan fingerprint density at radius 3 is 2.27 bits per heavy atom. The average Bonchev–Trinajstić information content (AvgIpc) is 1.97. The normalized spacial score (nSPS) is 47.7. The van der Waals surface area contributed by atoms with Crippen LogP contribution in [0.5, 0.6) is 0 Å². The lowest BCUT2D eigenvalue weighted by Gasteiger charge is -2.35. The maximum Gasteiger partial charge on any atom is 0.253 e. The van der Waals surface area contributed by atoms with Gasteiger partial charge in [-0.3, -0.25) is 0 Å². The quantitative estimate of drug-likeness (QED) is 0.343. The number of rotatable bonds is 0. The molecule has 65 valence electrons. The summed E-state index contributed by atoms with van der Waals surface area (Å²) in [7, 11) is 0. The maximum atomic E-state index is 9.07. The first-order valence-corrected chi connectivity index (χ1v) is 3.30. The summed E-state index contributed by atoms with van der Waals surface area (Å²) in [5.41, 5.74) is 0. The summed E-state index contributed by atoms with van der Waals surface area (Å²) in [6, 6.07) is 0. The van der Waals surface area contributed by atoms with Gasteiger partial charge in [-0.15, -0.1) is 0 Å². The van der Waals surface area contributed by atoms with Gasteiger partial charge < -0.3 is 25.2 Å². The Morgan fingerprint density at radius 1 is 1.18 bits per heavy atom. The van der Waals surface area contributed by atoms with Crippen LogP contribution in [-0.4, -0.2) is 44.8 Å². The highest BCUT2D eigenvalue weighted by atomic mass is 16.6. The minimum atomic E-state index is -1.51. The van der Waals surface area contributed by atoms with E-state index in [1.54, 1.807) is 0 Å². The van der Waals surface area contributed by atoms with Crippen molar-refractivity contribution in [2.24, 2.45) is 0 Å². The second-order valence-electron chi connectivity index (χ2n) is 2.59. The fraction of sp³-hybridized carbons (Fsp3) is 0.833. The third-order valence-electron chi connectivity index (χ3n) is 1.71. The predicted octanol–water partition coefficient (Wildman–Crippen LogP) is -1.65. The molecule has 0 spiro atoms. The maximum absolute atomic E-state index is 9.07. The fourth-order valence-corrected chi connectivity index (χ4v) is 0.940. The Labute approximate surface area is 63.8 Å². The van der Waals surface area contributed by atoms with E-state index in [0.717, 1.165) is 0 Å². The fourth-order valence-electron chi connectivity index (χ4n) is 0.940. The summed E-state index contributed by atoms with van der Waals surface area (Å²) >= 11 is 0. The highest BCUT2D eigenvalue weighted by Gasteiger charge is 2.41. The Kier molecular flexibility index (Phi) is 2.46. The molecule has 1 heterocycles. The molecule has 1 radical (unpaired) electrons. The van der Waals surface area contributed by atoms with E-state index in [4.69, 9.17) is 20.4 Å². The predicted molar refractivity (Wildman–Crippen MR) is 33.7 cm³/mol. The summed E-state index contributed by atoms with van der Waals surface area (Å²) in [4.78, 5) is 0. The summed E-state index contributed by atoms with van der Waals surface area (Å²) in [6.45, 7) is 1.48. The summed E-state index contributed by atoms with van der Waals surface area (Å²) < 4.78 is 4.59. The molecule has 0 aromatic rings. The monoisotopic (exact) mass is 163 g/mol. The van der Waals surface area contributed by atoms with Crippen LogP contribution in [0, 0.1) is 6.29 Å². The molecular weight excluding hydrogens is 152 g/mol. The number of hydrogen-bond donors (Lipinski definition) is 4. The van der Waals surface area contributed by atoms with E-state index in [2.05, 4.69) is 4.74 Å². The average molecular weight is 163 g/mol. The van der Waals surface area contributed by atoms with Crippen molar-refractivity contribution in [1.29, 1.82) is 0 Å². The Hall–Kier alpha value is -0.200. The van der Waals surface area contributed by atoms with E-state index in [1.807, 2.05) is 0 Å². The topological polar surface area (TPSA) is 90.2 Å². The van der Waals surface area contributed by atoms with Crippen molar-refractivity contribution in [2.75, 3.05) is 0 Å². The highest BCUT2D eigenvalue weighted by molar-refractivity contribution is 4.94.